The van der Waals surface area contributed by atoms with Crippen LogP contribution >= 0.6 is 23.2 Å². The largest absolute Gasteiger partial charge is 0.494 e. The molecule has 1 heterocycles. The van der Waals surface area contributed by atoms with Crippen LogP contribution in [0.3, 0.4) is 0 Å². The number of hydrogen-bond donors (Lipinski definition) is 3. The number of hydrogen-bond acceptors (Lipinski definition) is 4. The van der Waals surface area contributed by atoms with Gasteiger partial charge in [-0.2, -0.15) is 0 Å². The molecule has 3 amide bonds. The van der Waals surface area contributed by atoms with Crippen LogP contribution in [0.4, 0.5) is 11.4 Å². The van der Waals surface area contributed by atoms with Gasteiger partial charge in [-0.1, -0.05) is 49.0 Å². The fourth-order valence-electron chi connectivity index (χ4n) is 3.75. The van der Waals surface area contributed by atoms with Crippen LogP contribution in [-0.2, 0) is 9.59 Å². The summed E-state index contributed by atoms with van der Waals surface area (Å²) in [5, 5.41) is 6.81. The first-order chi connectivity index (χ1) is 18.3. The van der Waals surface area contributed by atoms with Crippen LogP contribution in [0, 0.1) is 0 Å². The van der Waals surface area contributed by atoms with Gasteiger partial charge in [0.25, 0.3) is 5.91 Å². The van der Waals surface area contributed by atoms with Crippen LogP contribution in [0.15, 0.2) is 72.8 Å². The van der Waals surface area contributed by atoms with Gasteiger partial charge in [-0.15, -0.1) is 0 Å². The summed E-state index contributed by atoms with van der Waals surface area (Å²) in [5.74, 6) is -1.71. The standard InChI is InChI=1S/C28H26Cl2N4O4/c1-2-3-4-14-38-23-11-9-21(10-12-23)31-27(36)28(37)33-34-24-13-8-20(30)15-18(24)16-25(34)26(35)32-22-7-5-6-19(29)17-22/h5-13,15-17H,2-4,14H2,1H3,(H,31,36)(H,32,35)(H,33,37). The van der Waals surface area contributed by atoms with Crippen molar-refractivity contribution in [1.82, 2.24) is 4.68 Å². The van der Waals surface area contributed by atoms with E-state index >= 15 is 0 Å². The predicted molar refractivity (Wildman–Crippen MR) is 151 cm³/mol. The maximum atomic E-state index is 13.1. The highest BCUT2D eigenvalue weighted by atomic mass is 35.5. The Labute approximate surface area is 229 Å². The maximum absolute atomic E-state index is 13.1. The second-order valence-corrected chi connectivity index (χ2v) is 9.38. The van der Waals surface area contributed by atoms with Crippen molar-refractivity contribution in [2.75, 3.05) is 22.7 Å². The number of nitrogens with zero attached hydrogens (tertiary/aromatic N) is 1. The van der Waals surface area contributed by atoms with E-state index in [4.69, 9.17) is 27.9 Å². The Morgan fingerprint density at radius 3 is 2.32 bits per heavy atom. The highest BCUT2D eigenvalue weighted by molar-refractivity contribution is 6.42. The third-order valence-corrected chi connectivity index (χ3v) is 6.10. The van der Waals surface area contributed by atoms with E-state index in [1.54, 1.807) is 72.8 Å². The number of carbonyl (C=O) groups is 3. The lowest BCUT2D eigenvalue weighted by atomic mass is 10.2. The molecule has 3 aromatic carbocycles. The number of anilines is 2. The number of halogens is 2. The van der Waals surface area contributed by atoms with E-state index in [9.17, 15) is 14.4 Å². The first-order valence-electron chi connectivity index (χ1n) is 12.1. The predicted octanol–water partition coefficient (Wildman–Crippen LogP) is 6.48. The SMILES string of the molecule is CCCCCOc1ccc(NC(=O)C(=O)Nn2c(C(=O)Nc3cccc(Cl)c3)cc3cc(Cl)ccc32)cc1. The summed E-state index contributed by atoms with van der Waals surface area (Å²) in [5.41, 5.74) is 3.98. The molecule has 0 aliphatic carbocycles. The molecule has 0 saturated carbocycles. The molecule has 1 aromatic heterocycles. The highest BCUT2D eigenvalue weighted by Gasteiger charge is 2.21. The van der Waals surface area contributed by atoms with E-state index in [1.165, 1.54) is 4.68 Å². The van der Waals surface area contributed by atoms with Gasteiger partial charge in [-0.3, -0.25) is 19.8 Å². The Kier molecular flexibility index (Phi) is 8.89. The zero-order chi connectivity index (χ0) is 27.1. The van der Waals surface area contributed by atoms with Crippen molar-refractivity contribution in [3.8, 4) is 5.75 Å². The van der Waals surface area contributed by atoms with Crippen LogP contribution in [0.2, 0.25) is 10.0 Å². The normalized spacial score (nSPS) is 10.7. The number of fused-ring (bicyclic) bond motifs is 1. The Bertz CT molecular complexity index is 1470. The van der Waals surface area contributed by atoms with Crippen LogP contribution < -0.4 is 20.8 Å². The maximum Gasteiger partial charge on any atom is 0.328 e. The molecule has 0 bridgehead atoms. The highest BCUT2D eigenvalue weighted by Crippen LogP contribution is 2.24. The smallest absolute Gasteiger partial charge is 0.328 e. The van der Waals surface area contributed by atoms with Gasteiger partial charge in [0.15, 0.2) is 0 Å². The first kappa shape index (κ1) is 27.0. The average molecular weight is 553 g/mol. The lowest BCUT2D eigenvalue weighted by Crippen LogP contribution is -2.36. The van der Waals surface area contributed by atoms with Gasteiger partial charge in [0.05, 0.1) is 12.1 Å². The monoisotopic (exact) mass is 552 g/mol. The molecule has 196 valence electrons. The number of benzene rings is 3. The van der Waals surface area contributed by atoms with Crippen molar-refractivity contribution in [2.24, 2.45) is 0 Å². The molecule has 0 saturated heterocycles. The van der Waals surface area contributed by atoms with Gasteiger partial charge in [-0.05, 0) is 73.2 Å². The number of nitrogens with one attached hydrogen (secondary N) is 3. The number of ether oxygens (including phenoxy) is 1. The van der Waals surface area contributed by atoms with E-state index in [1.807, 2.05) is 0 Å². The van der Waals surface area contributed by atoms with Gasteiger partial charge >= 0.3 is 11.8 Å². The molecular weight excluding hydrogens is 527 g/mol. The molecule has 0 unspecified atom stereocenters. The van der Waals surface area contributed by atoms with E-state index in [0.717, 1.165) is 19.3 Å². The van der Waals surface area contributed by atoms with Gasteiger partial charge in [-0.25, -0.2) is 4.68 Å². The summed E-state index contributed by atoms with van der Waals surface area (Å²) >= 11 is 12.1. The van der Waals surface area contributed by atoms with Gasteiger partial charge in [0.2, 0.25) is 0 Å². The van der Waals surface area contributed by atoms with Gasteiger partial charge in [0, 0.05) is 26.8 Å². The summed E-state index contributed by atoms with van der Waals surface area (Å²) in [6.07, 6.45) is 3.17. The molecular formula is C28H26Cl2N4O4. The van der Waals surface area contributed by atoms with Crippen molar-refractivity contribution < 1.29 is 19.1 Å². The summed E-state index contributed by atoms with van der Waals surface area (Å²) in [4.78, 5) is 38.6. The molecule has 8 nitrogen and oxygen atoms in total. The number of unbranched alkanes of at least 4 members (excludes halogenated alkanes) is 2. The van der Waals surface area contributed by atoms with Crippen molar-refractivity contribution in [2.45, 2.75) is 26.2 Å². The second-order valence-electron chi connectivity index (χ2n) is 8.51. The van der Waals surface area contributed by atoms with Crippen molar-refractivity contribution in [3.05, 3.63) is 88.5 Å². The van der Waals surface area contributed by atoms with Crippen LogP contribution in [0.5, 0.6) is 5.75 Å². The molecule has 0 atom stereocenters. The van der Waals surface area contributed by atoms with Crippen LogP contribution in [0.25, 0.3) is 10.9 Å². The Balaban J connectivity index is 1.48. The fraction of sp³-hybridized carbons (Fsp3) is 0.179. The lowest BCUT2D eigenvalue weighted by molar-refractivity contribution is -0.133. The molecule has 0 radical (unpaired) electrons. The molecule has 3 N–H and O–H groups in total. The molecule has 0 aliphatic heterocycles. The zero-order valence-corrected chi connectivity index (χ0v) is 22.1. The van der Waals surface area contributed by atoms with E-state index in [-0.39, 0.29) is 5.69 Å². The average Bonchev–Trinajstić information content (AvgIpc) is 3.24. The molecule has 0 fully saturated rings. The number of amides is 3. The van der Waals surface area contributed by atoms with Crippen LogP contribution in [-0.4, -0.2) is 29.0 Å². The van der Waals surface area contributed by atoms with Crippen molar-refractivity contribution in [1.29, 1.82) is 0 Å². The summed E-state index contributed by atoms with van der Waals surface area (Å²) < 4.78 is 6.92. The quantitative estimate of drug-likeness (QED) is 0.163. The minimum Gasteiger partial charge on any atom is -0.494 e. The van der Waals surface area contributed by atoms with Gasteiger partial charge < -0.3 is 15.4 Å². The van der Waals surface area contributed by atoms with E-state index in [2.05, 4.69) is 23.0 Å². The number of aromatic nitrogens is 1. The summed E-state index contributed by atoms with van der Waals surface area (Å²) in [6.45, 7) is 2.74. The number of carbonyl (C=O) groups excluding carboxylic acids is 3. The molecule has 4 rings (SSSR count). The van der Waals surface area contributed by atoms with Crippen LogP contribution in [0.1, 0.15) is 36.7 Å². The molecule has 38 heavy (non-hydrogen) atoms. The van der Waals surface area contributed by atoms with E-state index in [0.29, 0.717) is 44.7 Å². The van der Waals surface area contributed by atoms with Gasteiger partial charge in [0.1, 0.15) is 11.4 Å². The topological polar surface area (TPSA) is 101 Å². The van der Waals surface area contributed by atoms with Crippen molar-refractivity contribution >= 4 is 63.2 Å². The first-order valence-corrected chi connectivity index (χ1v) is 12.8. The van der Waals surface area contributed by atoms with E-state index < -0.39 is 17.7 Å². The third-order valence-electron chi connectivity index (χ3n) is 5.63. The summed E-state index contributed by atoms with van der Waals surface area (Å²) in [7, 11) is 0. The second kappa shape index (κ2) is 12.5. The van der Waals surface area contributed by atoms with Crippen molar-refractivity contribution in [3.63, 3.8) is 0 Å². The molecule has 0 spiro atoms. The minimum absolute atomic E-state index is 0.0907. The molecule has 4 aromatic rings. The fourth-order valence-corrected chi connectivity index (χ4v) is 4.12. The zero-order valence-electron chi connectivity index (χ0n) is 20.6. The Morgan fingerprint density at radius 2 is 1.58 bits per heavy atom. The molecule has 10 heteroatoms. The third kappa shape index (κ3) is 6.85. The minimum atomic E-state index is -0.964. The summed E-state index contributed by atoms with van der Waals surface area (Å²) in [6, 6.07) is 19.9. The Hall–Kier alpha value is -4.01. The lowest BCUT2D eigenvalue weighted by Gasteiger charge is -2.13. The molecule has 0 aliphatic rings. The Morgan fingerprint density at radius 1 is 0.816 bits per heavy atom. The number of rotatable bonds is 9.